The standard InChI is InChI=1S/C15H29NO2/c1-15(2,11-3-7-13(17)8-4-11)12-5-9-14(18-16)10-6-12/h11-14,17H,3-10,16H2,1-2H3. The molecule has 0 aliphatic heterocycles. The van der Waals surface area contributed by atoms with E-state index in [-0.39, 0.29) is 12.2 Å². The van der Waals surface area contributed by atoms with Crippen LogP contribution < -0.4 is 5.90 Å². The van der Waals surface area contributed by atoms with Crippen molar-refractivity contribution < 1.29 is 9.94 Å². The number of hydrogen-bond acceptors (Lipinski definition) is 3. The number of rotatable bonds is 3. The van der Waals surface area contributed by atoms with Gasteiger partial charge in [-0.1, -0.05) is 13.8 Å². The molecule has 2 aliphatic carbocycles. The summed E-state index contributed by atoms with van der Waals surface area (Å²) in [7, 11) is 0. The number of hydrogen-bond donors (Lipinski definition) is 2. The van der Waals surface area contributed by atoms with E-state index in [1.54, 1.807) is 0 Å². The van der Waals surface area contributed by atoms with Gasteiger partial charge in [0.05, 0.1) is 12.2 Å². The van der Waals surface area contributed by atoms with Crippen LogP contribution >= 0.6 is 0 Å². The highest BCUT2D eigenvalue weighted by Crippen LogP contribution is 2.48. The topological polar surface area (TPSA) is 55.5 Å². The number of nitrogens with two attached hydrogens (primary N) is 1. The van der Waals surface area contributed by atoms with Gasteiger partial charge in [-0.2, -0.15) is 0 Å². The first kappa shape index (κ1) is 14.3. The van der Waals surface area contributed by atoms with Gasteiger partial charge in [-0.05, 0) is 68.6 Å². The Morgan fingerprint density at radius 3 is 1.78 bits per heavy atom. The monoisotopic (exact) mass is 255 g/mol. The van der Waals surface area contributed by atoms with Crippen LogP contribution in [0.15, 0.2) is 0 Å². The van der Waals surface area contributed by atoms with Crippen LogP contribution in [-0.2, 0) is 4.84 Å². The van der Waals surface area contributed by atoms with Crippen LogP contribution in [0.3, 0.4) is 0 Å². The van der Waals surface area contributed by atoms with E-state index in [1.165, 1.54) is 25.7 Å². The fraction of sp³-hybridized carbons (Fsp3) is 1.00. The Balaban J connectivity index is 1.90. The van der Waals surface area contributed by atoms with Gasteiger partial charge in [0.15, 0.2) is 0 Å². The van der Waals surface area contributed by atoms with Gasteiger partial charge in [-0.25, -0.2) is 5.90 Å². The normalized spacial score (nSPS) is 38.7. The molecule has 2 saturated carbocycles. The quantitative estimate of drug-likeness (QED) is 0.762. The average molecular weight is 255 g/mol. The lowest BCUT2D eigenvalue weighted by molar-refractivity contribution is -0.0242. The van der Waals surface area contributed by atoms with Gasteiger partial charge in [0, 0.05) is 0 Å². The van der Waals surface area contributed by atoms with E-state index < -0.39 is 0 Å². The van der Waals surface area contributed by atoms with E-state index in [0.29, 0.717) is 5.41 Å². The van der Waals surface area contributed by atoms with Crippen LogP contribution in [0.5, 0.6) is 0 Å². The highest BCUT2D eigenvalue weighted by atomic mass is 16.6. The second-order valence-corrected chi connectivity index (χ2v) is 6.94. The molecule has 0 saturated heterocycles. The minimum absolute atomic E-state index is 0.0431. The van der Waals surface area contributed by atoms with Crippen LogP contribution in [0.25, 0.3) is 0 Å². The van der Waals surface area contributed by atoms with Crippen molar-refractivity contribution in [1.82, 2.24) is 0 Å². The van der Waals surface area contributed by atoms with Gasteiger partial charge in [-0.3, -0.25) is 0 Å². The molecule has 2 aliphatic rings. The molecule has 0 amide bonds. The van der Waals surface area contributed by atoms with Crippen LogP contribution in [-0.4, -0.2) is 17.3 Å². The van der Waals surface area contributed by atoms with Crippen molar-refractivity contribution >= 4 is 0 Å². The van der Waals surface area contributed by atoms with E-state index in [4.69, 9.17) is 10.7 Å². The molecule has 3 N–H and O–H groups in total. The summed E-state index contributed by atoms with van der Waals surface area (Å²) in [5.41, 5.74) is 0.402. The molecule has 3 nitrogen and oxygen atoms in total. The molecule has 0 atom stereocenters. The second kappa shape index (κ2) is 5.89. The zero-order valence-electron chi connectivity index (χ0n) is 11.9. The molecule has 0 bridgehead atoms. The van der Waals surface area contributed by atoms with Gasteiger partial charge in [-0.15, -0.1) is 0 Å². The highest BCUT2D eigenvalue weighted by Gasteiger charge is 2.40. The third-order valence-corrected chi connectivity index (χ3v) is 5.67. The summed E-state index contributed by atoms with van der Waals surface area (Å²) in [5.74, 6) is 6.86. The van der Waals surface area contributed by atoms with E-state index in [9.17, 15) is 5.11 Å². The fourth-order valence-electron chi connectivity index (χ4n) is 4.10. The summed E-state index contributed by atoms with van der Waals surface area (Å²) in [5, 5.41) is 9.64. The maximum absolute atomic E-state index is 9.64. The average Bonchev–Trinajstić information content (AvgIpc) is 2.39. The molecular formula is C15H29NO2. The molecule has 2 rings (SSSR count). The molecular weight excluding hydrogens is 226 g/mol. The van der Waals surface area contributed by atoms with Gasteiger partial charge in [0.25, 0.3) is 0 Å². The first-order valence-electron chi connectivity index (χ1n) is 7.57. The molecule has 3 heteroatoms. The maximum Gasteiger partial charge on any atom is 0.0787 e. The fourth-order valence-corrected chi connectivity index (χ4v) is 4.10. The molecule has 0 spiro atoms. The molecule has 0 radical (unpaired) electrons. The minimum atomic E-state index is -0.0431. The molecule has 0 heterocycles. The van der Waals surface area contributed by atoms with Crippen LogP contribution in [0.2, 0.25) is 0 Å². The van der Waals surface area contributed by atoms with Crippen molar-refractivity contribution in [3.05, 3.63) is 0 Å². The van der Waals surface area contributed by atoms with Gasteiger partial charge >= 0.3 is 0 Å². The molecule has 2 fully saturated rings. The maximum atomic E-state index is 9.64. The lowest BCUT2D eigenvalue weighted by atomic mass is 9.60. The summed E-state index contributed by atoms with van der Waals surface area (Å²) >= 11 is 0. The summed E-state index contributed by atoms with van der Waals surface area (Å²) in [6.45, 7) is 4.87. The van der Waals surface area contributed by atoms with Crippen molar-refractivity contribution in [2.75, 3.05) is 0 Å². The second-order valence-electron chi connectivity index (χ2n) is 6.94. The van der Waals surface area contributed by atoms with Crippen molar-refractivity contribution in [1.29, 1.82) is 0 Å². The van der Waals surface area contributed by atoms with E-state index in [1.807, 2.05) is 0 Å². The molecule has 0 unspecified atom stereocenters. The number of aliphatic hydroxyl groups excluding tert-OH is 1. The Hall–Kier alpha value is -0.120. The Morgan fingerprint density at radius 1 is 0.889 bits per heavy atom. The van der Waals surface area contributed by atoms with Crippen molar-refractivity contribution in [2.24, 2.45) is 23.1 Å². The summed E-state index contributed by atoms with van der Waals surface area (Å²) in [4.78, 5) is 4.98. The summed E-state index contributed by atoms with van der Waals surface area (Å²) < 4.78 is 0. The summed E-state index contributed by atoms with van der Waals surface area (Å²) in [6, 6.07) is 0. The van der Waals surface area contributed by atoms with Crippen LogP contribution in [0, 0.1) is 17.3 Å². The molecule has 106 valence electrons. The van der Waals surface area contributed by atoms with E-state index >= 15 is 0 Å². The van der Waals surface area contributed by atoms with E-state index in [2.05, 4.69) is 13.8 Å². The Bertz CT molecular complexity index is 251. The SMILES string of the molecule is CC(C)(C1CCC(O)CC1)C1CCC(ON)CC1. The van der Waals surface area contributed by atoms with Gasteiger partial charge in [0.2, 0.25) is 0 Å². The van der Waals surface area contributed by atoms with Gasteiger partial charge in [0.1, 0.15) is 0 Å². The Morgan fingerprint density at radius 2 is 1.33 bits per heavy atom. The first-order valence-corrected chi connectivity index (χ1v) is 7.57. The molecule has 0 aromatic carbocycles. The molecule has 0 aromatic rings. The number of aliphatic hydroxyl groups is 1. The zero-order valence-corrected chi connectivity index (χ0v) is 11.9. The smallest absolute Gasteiger partial charge is 0.0787 e. The molecule has 0 aromatic heterocycles. The van der Waals surface area contributed by atoms with Gasteiger partial charge < -0.3 is 9.94 Å². The highest BCUT2D eigenvalue weighted by molar-refractivity contribution is 4.90. The van der Waals surface area contributed by atoms with Crippen molar-refractivity contribution in [2.45, 2.75) is 77.4 Å². The summed E-state index contributed by atoms with van der Waals surface area (Å²) in [6.07, 6.45) is 9.33. The van der Waals surface area contributed by atoms with E-state index in [0.717, 1.165) is 37.5 Å². The first-order chi connectivity index (χ1) is 8.54. The minimum Gasteiger partial charge on any atom is -0.393 e. The predicted molar refractivity (Wildman–Crippen MR) is 72.8 cm³/mol. The third-order valence-electron chi connectivity index (χ3n) is 5.67. The molecule has 18 heavy (non-hydrogen) atoms. The third kappa shape index (κ3) is 3.06. The van der Waals surface area contributed by atoms with Crippen molar-refractivity contribution in [3.63, 3.8) is 0 Å². The van der Waals surface area contributed by atoms with Crippen LogP contribution in [0.4, 0.5) is 0 Å². The van der Waals surface area contributed by atoms with Crippen LogP contribution in [0.1, 0.15) is 65.2 Å². The zero-order chi connectivity index (χ0) is 13.2. The Kier molecular flexibility index (Phi) is 4.68. The lowest BCUT2D eigenvalue weighted by Crippen LogP contribution is -2.39. The lowest BCUT2D eigenvalue weighted by Gasteiger charge is -2.46. The predicted octanol–water partition coefficient (Wildman–Crippen LogP) is 3.01. The Labute approximate surface area is 111 Å². The largest absolute Gasteiger partial charge is 0.393 e. The van der Waals surface area contributed by atoms with Crippen molar-refractivity contribution in [3.8, 4) is 0 Å².